The van der Waals surface area contributed by atoms with Gasteiger partial charge in [-0.2, -0.15) is 0 Å². The molecule has 0 aliphatic rings. The zero-order valence-corrected chi connectivity index (χ0v) is 14.6. The number of Topliss-reactive ketones (excluding diaryl/α,β-unsaturated/α-hetero) is 1. The van der Waals surface area contributed by atoms with Gasteiger partial charge in [-0.05, 0) is 24.6 Å². The predicted molar refractivity (Wildman–Crippen MR) is 92.3 cm³/mol. The molecule has 4 nitrogen and oxygen atoms in total. The van der Waals surface area contributed by atoms with Crippen LogP contribution < -0.4 is 0 Å². The molecule has 0 aromatic heterocycles. The lowest BCUT2D eigenvalue weighted by Gasteiger charge is -2.23. The van der Waals surface area contributed by atoms with Crippen molar-refractivity contribution in [1.82, 2.24) is 4.90 Å². The van der Waals surface area contributed by atoms with E-state index in [0.717, 1.165) is 10.0 Å². The molecule has 0 fully saturated rings. The molecule has 0 aliphatic carbocycles. The Bertz CT molecular complexity index is 670. The lowest BCUT2D eigenvalue weighted by molar-refractivity contribution is 0.0741. The molecule has 0 bridgehead atoms. The Morgan fingerprint density at radius 3 is 2.30 bits per heavy atom. The second-order valence-corrected chi connectivity index (χ2v) is 6.11. The largest absolute Gasteiger partial charge is 0.445 e. The van der Waals surface area contributed by atoms with E-state index in [9.17, 15) is 9.59 Å². The van der Waals surface area contributed by atoms with Crippen LogP contribution in [0.25, 0.3) is 0 Å². The van der Waals surface area contributed by atoms with E-state index in [2.05, 4.69) is 15.9 Å². The second-order valence-electron chi connectivity index (χ2n) is 5.20. The van der Waals surface area contributed by atoms with Crippen molar-refractivity contribution in [2.24, 2.45) is 0 Å². The maximum Gasteiger partial charge on any atom is 0.410 e. The van der Waals surface area contributed by atoms with E-state index in [1.165, 1.54) is 4.90 Å². The molecule has 1 amide bonds. The average Bonchev–Trinajstić information content (AvgIpc) is 2.59. The summed E-state index contributed by atoms with van der Waals surface area (Å²) >= 11 is 3.33. The van der Waals surface area contributed by atoms with Crippen LogP contribution in [-0.2, 0) is 11.3 Å². The smallest absolute Gasteiger partial charge is 0.410 e. The topological polar surface area (TPSA) is 46.6 Å². The van der Waals surface area contributed by atoms with E-state index in [1.807, 2.05) is 30.3 Å². The molecule has 0 saturated heterocycles. The van der Waals surface area contributed by atoms with Crippen LogP contribution in [0.1, 0.15) is 22.8 Å². The predicted octanol–water partition coefficient (Wildman–Crippen LogP) is 4.29. The highest BCUT2D eigenvalue weighted by Crippen LogP contribution is 2.14. The van der Waals surface area contributed by atoms with Gasteiger partial charge in [0.2, 0.25) is 0 Å². The van der Waals surface area contributed by atoms with E-state index >= 15 is 0 Å². The van der Waals surface area contributed by atoms with Gasteiger partial charge in [0.15, 0.2) is 5.78 Å². The Balaban J connectivity index is 1.95. The number of carbonyl (C=O) groups excluding carboxylic acids is 2. The third-order valence-corrected chi connectivity index (χ3v) is 4.11. The highest BCUT2D eigenvalue weighted by molar-refractivity contribution is 9.10. The number of hydrogen-bond donors (Lipinski definition) is 0. The fourth-order valence-electron chi connectivity index (χ4n) is 2.01. The van der Waals surface area contributed by atoms with E-state index in [1.54, 1.807) is 38.2 Å². The van der Waals surface area contributed by atoms with Crippen molar-refractivity contribution in [3.63, 3.8) is 0 Å². The lowest BCUT2D eigenvalue weighted by atomic mass is 10.1. The van der Waals surface area contributed by atoms with Crippen molar-refractivity contribution < 1.29 is 14.3 Å². The quantitative estimate of drug-likeness (QED) is 0.732. The Kier molecular flexibility index (Phi) is 5.93. The van der Waals surface area contributed by atoms with E-state index in [4.69, 9.17) is 4.74 Å². The maximum atomic E-state index is 12.4. The number of ether oxygens (including phenoxy) is 1. The summed E-state index contributed by atoms with van der Waals surface area (Å²) in [6.07, 6.45) is -0.521. The first kappa shape index (κ1) is 17.2. The summed E-state index contributed by atoms with van der Waals surface area (Å²) in [5.74, 6) is -0.128. The van der Waals surface area contributed by atoms with Crippen molar-refractivity contribution in [2.45, 2.75) is 19.6 Å². The van der Waals surface area contributed by atoms with Crippen molar-refractivity contribution in [3.8, 4) is 0 Å². The van der Waals surface area contributed by atoms with Crippen molar-refractivity contribution in [2.75, 3.05) is 7.05 Å². The first-order valence-electron chi connectivity index (χ1n) is 7.22. The standard InChI is InChI=1S/C18H18BrNO3/c1-13(17(21)15-8-10-16(19)11-9-15)20(2)18(22)23-12-14-6-4-3-5-7-14/h3-11,13H,12H2,1-2H3. The molecule has 0 aliphatic heterocycles. The number of amides is 1. The van der Waals surface area contributed by atoms with Crippen LogP contribution in [-0.4, -0.2) is 29.9 Å². The van der Waals surface area contributed by atoms with Gasteiger partial charge in [-0.25, -0.2) is 4.79 Å². The van der Waals surface area contributed by atoms with Crippen LogP contribution in [0.5, 0.6) is 0 Å². The number of ketones is 1. The van der Waals surface area contributed by atoms with Gasteiger partial charge < -0.3 is 9.64 Å². The number of likely N-dealkylation sites (N-methyl/N-ethyl adjacent to an activating group) is 1. The molecule has 0 saturated carbocycles. The van der Waals surface area contributed by atoms with Gasteiger partial charge in [0.05, 0.1) is 6.04 Å². The summed E-state index contributed by atoms with van der Waals surface area (Å²) in [5.41, 5.74) is 1.46. The number of nitrogens with zero attached hydrogens (tertiary/aromatic N) is 1. The summed E-state index contributed by atoms with van der Waals surface area (Å²) in [5, 5.41) is 0. The van der Waals surface area contributed by atoms with Crippen molar-refractivity contribution in [1.29, 1.82) is 0 Å². The van der Waals surface area contributed by atoms with Crippen LogP contribution in [0.2, 0.25) is 0 Å². The summed E-state index contributed by atoms with van der Waals surface area (Å²) in [6, 6.07) is 15.9. The second kappa shape index (κ2) is 7.92. The summed E-state index contributed by atoms with van der Waals surface area (Å²) in [4.78, 5) is 25.8. The Labute approximate surface area is 144 Å². The molecule has 120 valence electrons. The first-order chi connectivity index (χ1) is 11.0. The van der Waals surface area contributed by atoms with E-state index in [0.29, 0.717) is 5.56 Å². The molecule has 2 aromatic rings. The molecule has 2 aromatic carbocycles. The van der Waals surface area contributed by atoms with Gasteiger partial charge in [0, 0.05) is 17.1 Å². The minimum atomic E-state index is -0.598. The Hall–Kier alpha value is -2.14. The number of benzene rings is 2. The van der Waals surface area contributed by atoms with Gasteiger partial charge in [-0.3, -0.25) is 4.79 Å². The Morgan fingerprint density at radius 2 is 1.70 bits per heavy atom. The molecule has 0 heterocycles. The van der Waals surface area contributed by atoms with Gasteiger partial charge in [0.25, 0.3) is 0 Å². The zero-order valence-electron chi connectivity index (χ0n) is 13.0. The van der Waals surface area contributed by atoms with Gasteiger partial charge in [-0.1, -0.05) is 58.4 Å². The molecule has 1 atom stereocenters. The normalized spacial score (nSPS) is 11.6. The van der Waals surface area contributed by atoms with Gasteiger partial charge in [-0.15, -0.1) is 0 Å². The van der Waals surface area contributed by atoms with E-state index in [-0.39, 0.29) is 12.4 Å². The molecule has 23 heavy (non-hydrogen) atoms. The monoisotopic (exact) mass is 375 g/mol. The number of rotatable bonds is 5. The van der Waals surface area contributed by atoms with Crippen molar-refractivity contribution in [3.05, 3.63) is 70.2 Å². The average molecular weight is 376 g/mol. The molecule has 0 spiro atoms. The third kappa shape index (κ3) is 4.66. The van der Waals surface area contributed by atoms with Crippen LogP contribution in [0.15, 0.2) is 59.1 Å². The Morgan fingerprint density at radius 1 is 1.09 bits per heavy atom. The zero-order chi connectivity index (χ0) is 16.8. The fourth-order valence-corrected chi connectivity index (χ4v) is 2.27. The fraction of sp³-hybridized carbons (Fsp3) is 0.222. The molecular formula is C18H18BrNO3. The lowest BCUT2D eigenvalue weighted by Crippen LogP contribution is -2.40. The number of carbonyl (C=O) groups is 2. The first-order valence-corrected chi connectivity index (χ1v) is 8.01. The summed E-state index contributed by atoms with van der Waals surface area (Å²) in [7, 11) is 1.56. The van der Waals surface area contributed by atoms with Gasteiger partial charge >= 0.3 is 6.09 Å². The number of halogens is 1. The molecule has 5 heteroatoms. The summed E-state index contributed by atoms with van der Waals surface area (Å²) in [6.45, 7) is 1.87. The maximum absolute atomic E-state index is 12.4. The highest BCUT2D eigenvalue weighted by atomic mass is 79.9. The van der Waals surface area contributed by atoms with E-state index < -0.39 is 12.1 Å². The van der Waals surface area contributed by atoms with Crippen molar-refractivity contribution >= 4 is 27.8 Å². The van der Waals surface area contributed by atoms with Crippen LogP contribution >= 0.6 is 15.9 Å². The molecule has 0 N–H and O–H groups in total. The van der Waals surface area contributed by atoms with Crippen LogP contribution in [0, 0.1) is 0 Å². The van der Waals surface area contributed by atoms with Crippen LogP contribution in [0.4, 0.5) is 4.79 Å². The SMILES string of the molecule is CC(C(=O)c1ccc(Br)cc1)N(C)C(=O)OCc1ccccc1. The molecule has 0 radical (unpaired) electrons. The minimum absolute atomic E-state index is 0.128. The highest BCUT2D eigenvalue weighted by Gasteiger charge is 2.24. The molecule has 2 rings (SSSR count). The summed E-state index contributed by atoms with van der Waals surface area (Å²) < 4.78 is 6.14. The third-order valence-electron chi connectivity index (χ3n) is 3.58. The molecule has 1 unspecified atom stereocenters. The number of hydrogen-bond acceptors (Lipinski definition) is 3. The molecular weight excluding hydrogens is 358 g/mol. The van der Waals surface area contributed by atoms with Gasteiger partial charge in [0.1, 0.15) is 6.61 Å². The van der Waals surface area contributed by atoms with Crippen LogP contribution in [0.3, 0.4) is 0 Å². The minimum Gasteiger partial charge on any atom is -0.445 e.